The molecule has 1 saturated heterocycles. The molecule has 2 amide bonds. The highest BCUT2D eigenvalue weighted by molar-refractivity contribution is 9.10. The van der Waals surface area contributed by atoms with Crippen LogP contribution in [0.25, 0.3) is 0 Å². The maximum absolute atomic E-state index is 13.3. The summed E-state index contributed by atoms with van der Waals surface area (Å²) in [5.41, 5.74) is 0.438. The molecule has 38 heavy (non-hydrogen) atoms. The first-order valence-corrected chi connectivity index (χ1v) is 14.3. The van der Waals surface area contributed by atoms with Crippen LogP contribution >= 0.6 is 15.9 Å². The summed E-state index contributed by atoms with van der Waals surface area (Å²) in [4.78, 5) is 30.2. The lowest BCUT2D eigenvalue weighted by atomic mass is 10.0. The number of esters is 1. The standard InChI is InChI=1S/C30H40BrN3O4/c1-29(2,3)38-27(35)30(4,5)37-26-10-6-9-25(18-26)33-17-7-8-23(20-33)32-28(36)34(24-15-16-24)19-21-11-13-22(31)14-12-21/h6,9-14,18,23-24H,7-8,15-17,19-20H2,1-5H3,(H,32,36)/t23-/m1/s1. The van der Waals surface area contributed by atoms with Gasteiger partial charge in [0.15, 0.2) is 5.60 Å². The summed E-state index contributed by atoms with van der Waals surface area (Å²) in [5.74, 6) is 0.207. The first-order chi connectivity index (χ1) is 17.9. The largest absolute Gasteiger partial charge is 0.476 e. The number of nitrogens with zero attached hydrogens (tertiary/aromatic N) is 2. The van der Waals surface area contributed by atoms with E-state index in [0.29, 0.717) is 18.3 Å². The fourth-order valence-corrected chi connectivity index (χ4v) is 4.87. The molecule has 1 aliphatic heterocycles. The van der Waals surface area contributed by atoms with Crippen LogP contribution < -0.4 is 15.0 Å². The molecule has 1 aliphatic carbocycles. The zero-order chi connectivity index (χ0) is 27.5. The summed E-state index contributed by atoms with van der Waals surface area (Å²) in [6.07, 6.45) is 4.05. The number of carbonyl (C=O) groups excluding carboxylic acids is 2. The molecule has 206 valence electrons. The minimum Gasteiger partial charge on any atom is -0.476 e. The van der Waals surface area contributed by atoms with Crippen molar-refractivity contribution < 1.29 is 19.1 Å². The van der Waals surface area contributed by atoms with Gasteiger partial charge in [-0.3, -0.25) is 0 Å². The number of rotatable bonds is 8. The Morgan fingerprint density at radius 1 is 1.05 bits per heavy atom. The van der Waals surface area contributed by atoms with Crippen LogP contribution in [0.4, 0.5) is 10.5 Å². The fraction of sp³-hybridized carbons (Fsp3) is 0.533. The van der Waals surface area contributed by atoms with Gasteiger partial charge in [0.2, 0.25) is 0 Å². The summed E-state index contributed by atoms with van der Waals surface area (Å²) >= 11 is 3.48. The Bertz CT molecular complexity index is 1130. The highest BCUT2D eigenvalue weighted by atomic mass is 79.9. The first-order valence-electron chi connectivity index (χ1n) is 13.5. The van der Waals surface area contributed by atoms with Gasteiger partial charge in [0.1, 0.15) is 11.4 Å². The summed E-state index contributed by atoms with van der Waals surface area (Å²) in [6, 6.07) is 16.3. The van der Waals surface area contributed by atoms with E-state index < -0.39 is 17.2 Å². The number of piperidine rings is 1. The summed E-state index contributed by atoms with van der Waals surface area (Å²) in [6.45, 7) is 11.2. The summed E-state index contributed by atoms with van der Waals surface area (Å²) < 4.78 is 12.7. The minimum atomic E-state index is -1.12. The van der Waals surface area contributed by atoms with E-state index in [1.165, 1.54) is 0 Å². The Hall–Kier alpha value is -2.74. The number of amides is 2. The van der Waals surface area contributed by atoms with E-state index in [1.54, 1.807) is 13.8 Å². The number of halogens is 1. The van der Waals surface area contributed by atoms with Gasteiger partial charge in [-0.05, 0) is 90.1 Å². The molecular formula is C30H40BrN3O4. The van der Waals surface area contributed by atoms with Gasteiger partial charge in [0.05, 0.1) is 0 Å². The van der Waals surface area contributed by atoms with Gasteiger partial charge in [0.25, 0.3) is 0 Å². The molecule has 2 aromatic rings. The minimum absolute atomic E-state index is 0.0125. The SMILES string of the molecule is CC(C)(C)OC(=O)C(C)(C)Oc1cccc(N2CCC[C@@H](NC(=O)N(Cc3ccc(Br)cc3)C3CC3)C2)c1. The van der Waals surface area contributed by atoms with Crippen LogP contribution in [0, 0.1) is 0 Å². The molecular weight excluding hydrogens is 546 g/mol. The van der Waals surface area contributed by atoms with Gasteiger partial charge in [-0.15, -0.1) is 0 Å². The van der Waals surface area contributed by atoms with Crippen molar-refractivity contribution in [2.75, 3.05) is 18.0 Å². The van der Waals surface area contributed by atoms with E-state index in [4.69, 9.17) is 9.47 Å². The van der Waals surface area contributed by atoms with Gasteiger partial charge >= 0.3 is 12.0 Å². The molecule has 2 aromatic carbocycles. The molecule has 0 spiro atoms. The number of urea groups is 1. The number of hydrogen-bond donors (Lipinski definition) is 1. The van der Waals surface area contributed by atoms with Crippen LogP contribution in [-0.4, -0.2) is 53.3 Å². The molecule has 0 unspecified atom stereocenters. The number of carbonyl (C=O) groups is 2. The van der Waals surface area contributed by atoms with Gasteiger partial charge in [-0.2, -0.15) is 0 Å². The lowest BCUT2D eigenvalue weighted by Gasteiger charge is -2.36. The monoisotopic (exact) mass is 585 g/mol. The summed E-state index contributed by atoms with van der Waals surface area (Å²) in [5, 5.41) is 3.30. The average molecular weight is 587 g/mol. The zero-order valence-corrected chi connectivity index (χ0v) is 24.7. The topological polar surface area (TPSA) is 71.1 Å². The molecule has 1 N–H and O–H groups in total. The average Bonchev–Trinajstić information content (AvgIpc) is 3.68. The Morgan fingerprint density at radius 3 is 2.42 bits per heavy atom. The van der Waals surface area contributed by atoms with Crippen molar-refractivity contribution in [3.8, 4) is 5.75 Å². The zero-order valence-electron chi connectivity index (χ0n) is 23.1. The Morgan fingerprint density at radius 2 is 1.76 bits per heavy atom. The molecule has 0 radical (unpaired) electrons. The lowest BCUT2D eigenvalue weighted by Crippen LogP contribution is -2.52. The number of benzene rings is 2. The molecule has 0 bridgehead atoms. The maximum Gasteiger partial charge on any atom is 0.350 e. The molecule has 2 fully saturated rings. The van der Waals surface area contributed by atoms with Crippen molar-refractivity contribution in [3.63, 3.8) is 0 Å². The maximum atomic E-state index is 13.3. The molecule has 1 heterocycles. The third-order valence-corrected chi connectivity index (χ3v) is 7.24. The van der Waals surface area contributed by atoms with Crippen LogP contribution in [-0.2, 0) is 16.1 Å². The second kappa shape index (κ2) is 11.6. The fourth-order valence-electron chi connectivity index (χ4n) is 4.61. The van der Waals surface area contributed by atoms with Gasteiger partial charge in [-0.1, -0.05) is 34.1 Å². The summed E-state index contributed by atoms with van der Waals surface area (Å²) in [7, 11) is 0. The van der Waals surface area contributed by atoms with Gasteiger partial charge < -0.3 is 24.6 Å². The number of nitrogens with one attached hydrogen (secondary N) is 1. The molecule has 1 atom stereocenters. The predicted octanol–water partition coefficient (Wildman–Crippen LogP) is 6.29. The molecule has 0 aromatic heterocycles. The van der Waals surface area contributed by atoms with E-state index in [0.717, 1.165) is 54.5 Å². The van der Waals surface area contributed by atoms with Crippen LogP contribution in [0.5, 0.6) is 5.75 Å². The van der Waals surface area contributed by atoms with E-state index in [2.05, 4.69) is 38.3 Å². The van der Waals surface area contributed by atoms with E-state index in [1.807, 2.05) is 62.1 Å². The Kier molecular flexibility index (Phi) is 8.60. The van der Waals surface area contributed by atoms with Crippen molar-refractivity contribution in [1.29, 1.82) is 0 Å². The van der Waals surface area contributed by atoms with E-state index in [9.17, 15) is 9.59 Å². The predicted molar refractivity (Wildman–Crippen MR) is 153 cm³/mol. The third-order valence-electron chi connectivity index (χ3n) is 6.71. The van der Waals surface area contributed by atoms with Crippen LogP contribution in [0.3, 0.4) is 0 Å². The van der Waals surface area contributed by atoms with E-state index >= 15 is 0 Å². The molecule has 7 nitrogen and oxygen atoms in total. The van der Waals surface area contributed by atoms with Crippen molar-refractivity contribution >= 4 is 33.6 Å². The van der Waals surface area contributed by atoms with Crippen molar-refractivity contribution in [1.82, 2.24) is 10.2 Å². The van der Waals surface area contributed by atoms with Crippen molar-refractivity contribution in [3.05, 3.63) is 58.6 Å². The van der Waals surface area contributed by atoms with Crippen LogP contribution in [0.2, 0.25) is 0 Å². The Balaban J connectivity index is 1.37. The number of hydrogen-bond acceptors (Lipinski definition) is 5. The second-order valence-corrected chi connectivity index (χ2v) is 12.7. The van der Waals surface area contributed by atoms with Gasteiger partial charge in [0, 0.05) is 47.9 Å². The Labute approximate surface area is 235 Å². The number of ether oxygens (including phenoxy) is 2. The first kappa shape index (κ1) is 28.3. The normalized spacial score (nSPS) is 18.1. The van der Waals surface area contributed by atoms with Gasteiger partial charge in [-0.25, -0.2) is 9.59 Å². The number of anilines is 1. The van der Waals surface area contributed by atoms with E-state index in [-0.39, 0.29) is 12.1 Å². The lowest BCUT2D eigenvalue weighted by molar-refractivity contribution is -0.170. The highest BCUT2D eigenvalue weighted by Gasteiger charge is 2.36. The molecule has 1 saturated carbocycles. The van der Waals surface area contributed by atoms with Crippen molar-refractivity contribution in [2.24, 2.45) is 0 Å². The third kappa shape index (κ3) is 7.88. The second-order valence-electron chi connectivity index (χ2n) is 11.8. The van der Waals surface area contributed by atoms with Crippen LogP contribution in [0.15, 0.2) is 53.0 Å². The smallest absolute Gasteiger partial charge is 0.350 e. The molecule has 2 aliphatic rings. The highest BCUT2D eigenvalue weighted by Crippen LogP contribution is 2.30. The molecule has 8 heteroatoms. The quantitative estimate of drug-likeness (QED) is 0.368. The molecule has 4 rings (SSSR count). The van der Waals surface area contributed by atoms with Crippen molar-refractivity contribution in [2.45, 2.75) is 90.1 Å². The van der Waals surface area contributed by atoms with Crippen LogP contribution in [0.1, 0.15) is 65.9 Å².